The van der Waals surface area contributed by atoms with Crippen molar-refractivity contribution in [1.82, 2.24) is 10.2 Å². The first-order chi connectivity index (χ1) is 10.0. The van der Waals surface area contributed by atoms with Gasteiger partial charge in [0, 0.05) is 23.9 Å². The zero-order valence-corrected chi connectivity index (χ0v) is 13.7. The van der Waals surface area contributed by atoms with E-state index in [-0.39, 0.29) is 24.0 Å². The zero-order chi connectivity index (χ0) is 15.4. The van der Waals surface area contributed by atoms with Gasteiger partial charge < -0.3 is 15.3 Å². The third kappa shape index (κ3) is 4.28. The average molecular weight is 314 g/mol. The minimum atomic E-state index is -0.739. The molecular weight excluding hydrogens is 288 g/mol. The van der Waals surface area contributed by atoms with Gasteiger partial charge in [0.2, 0.25) is 0 Å². The van der Waals surface area contributed by atoms with E-state index in [9.17, 15) is 9.59 Å². The number of thioether (sulfide) groups is 1. The fourth-order valence-corrected chi connectivity index (χ4v) is 4.27. The Kier molecular flexibility index (Phi) is 5.79. The summed E-state index contributed by atoms with van der Waals surface area (Å²) in [5.41, 5.74) is 0. The number of carboxylic acids is 1. The molecule has 1 saturated carbocycles. The lowest BCUT2D eigenvalue weighted by atomic mass is 9.92. The first kappa shape index (κ1) is 16.5. The van der Waals surface area contributed by atoms with Crippen LogP contribution < -0.4 is 5.32 Å². The lowest BCUT2D eigenvalue weighted by Crippen LogP contribution is -2.53. The van der Waals surface area contributed by atoms with E-state index in [1.54, 1.807) is 0 Å². The second-order valence-electron chi connectivity index (χ2n) is 6.27. The van der Waals surface area contributed by atoms with Crippen molar-refractivity contribution >= 4 is 23.8 Å². The lowest BCUT2D eigenvalue weighted by Gasteiger charge is -2.38. The van der Waals surface area contributed by atoms with Crippen LogP contribution in [0.5, 0.6) is 0 Å². The van der Waals surface area contributed by atoms with E-state index in [0.717, 1.165) is 12.8 Å². The first-order valence-corrected chi connectivity index (χ1v) is 9.12. The van der Waals surface area contributed by atoms with E-state index in [1.807, 2.05) is 23.6 Å². The van der Waals surface area contributed by atoms with Crippen molar-refractivity contribution < 1.29 is 14.7 Å². The highest BCUT2D eigenvalue weighted by Gasteiger charge is 2.33. The quantitative estimate of drug-likeness (QED) is 0.840. The molecule has 2 rings (SSSR count). The average Bonchev–Trinajstić information content (AvgIpc) is 2.47. The maximum absolute atomic E-state index is 12.4. The molecule has 4 atom stereocenters. The van der Waals surface area contributed by atoms with Gasteiger partial charge in [-0.1, -0.05) is 6.42 Å². The molecule has 5 nitrogen and oxygen atoms in total. The molecule has 2 N–H and O–H groups in total. The van der Waals surface area contributed by atoms with Gasteiger partial charge in [0.25, 0.3) is 0 Å². The Morgan fingerprint density at radius 3 is 2.62 bits per heavy atom. The molecule has 0 radical (unpaired) electrons. The second-order valence-corrected chi connectivity index (χ2v) is 7.41. The molecule has 2 fully saturated rings. The molecule has 0 aromatic rings. The highest BCUT2D eigenvalue weighted by atomic mass is 32.2. The normalized spacial score (nSPS) is 33.5. The molecule has 0 spiro atoms. The first-order valence-electron chi connectivity index (χ1n) is 7.84. The summed E-state index contributed by atoms with van der Waals surface area (Å²) in [4.78, 5) is 25.3. The van der Waals surface area contributed by atoms with Crippen molar-refractivity contribution in [1.29, 1.82) is 0 Å². The Hall–Kier alpha value is -0.910. The van der Waals surface area contributed by atoms with Crippen LogP contribution in [-0.4, -0.2) is 52.1 Å². The topological polar surface area (TPSA) is 69.6 Å². The molecule has 120 valence electrons. The van der Waals surface area contributed by atoms with Crippen molar-refractivity contribution in [3.63, 3.8) is 0 Å². The standard InChI is InChI=1S/C15H26N2O3S/c1-10-8-11(14(18)19)6-7-17(10)15(20)16-12-4-3-5-13(9-12)21-2/h10-13H,3-9H2,1-2H3,(H,16,20)(H,18,19). The largest absolute Gasteiger partial charge is 0.481 e. The number of amides is 2. The van der Waals surface area contributed by atoms with Crippen molar-refractivity contribution in [2.75, 3.05) is 12.8 Å². The van der Waals surface area contributed by atoms with Crippen LogP contribution in [0.15, 0.2) is 0 Å². The fourth-order valence-electron chi connectivity index (χ4n) is 3.45. The van der Waals surface area contributed by atoms with Crippen molar-refractivity contribution in [2.45, 2.75) is 62.8 Å². The number of likely N-dealkylation sites (tertiary alicyclic amines) is 1. The molecular formula is C15H26N2O3S. The predicted octanol–water partition coefficient (Wildman–Crippen LogP) is 2.56. The molecule has 1 heterocycles. The smallest absolute Gasteiger partial charge is 0.317 e. The molecule has 6 heteroatoms. The Labute approximate surface area is 130 Å². The van der Waals surface area contributed by atoms with Crippen LogP contribution in [0.1, 0.15) is 45.4 Å². The maximum Gasteiger partial charge on any atom is 0.317 e. The van der Waals surface area contributed by atoms with Gasteiger partial charge >= 0.3 is 12.0 Å². The van der Waals surface area contributed by atoms with Gasteiger partial charge in [0.05, 0.1) is 5.92 Å². The van der Waals surface area contributed by atoms with Gasteiger partial charge in [0.1, 0.15) is 0 Å². The molecule has 2 amide bonds. The summed E-state index contributed by atoms with van der Waals surface area (Å²) in [5, 5.41) is 12.9. The molecule has 1 aliphatic heterocycles. The minimum absolute atomic E-state index is 0.000197. The van der Waals surface area contributed by atoms with Crippen molar-refractivity contribution in [2.24, 2.45) is 5.92 Å². The summed E-state index contributed by atoms with van der Waals surface area (Å²) in [5.74, 6) is -1.04. The number of hydrogen-bond acceptors (Lipinski definition) is 3. The van der Waals surface area contributed by atoms with E-state index < -0.39 is 5.97 Å². The van der Waals surface area contributed by atoms with Gasteiger partial charge in [-0.25, -0.2) is 4.79 Å². The molecule has 0 aromatic heterocycles. The van der Waals surface area contributed by atoms with E-state index in [1.165, 1.54) is 12.8 Å². The summed E-state index contributed by atoms with van der Waals surface area (Å²) in [7, 11) is 0. The van der Waals surface area contributed by atoms with Crippen LogP contribution in [0.4, 0.5) is 4.79 Å². The van der Waals surface area contributed by atoms with Gasteiger partial charge in [-0.2, -0.15) is 11.8 Å². The highest BCUT2D eigenvalue weighted by Crippen LogP contribution is 2.28. The second kappa shape index (κ2) is 7.38. The van der Waals surface area contributed by atoms with Crippen LogP contribution in [0.3, 0.4) is 0 Å². The van der Waals surface area contributed by atoms with Crippen LogP contribution in [-0.2, 0) is 4.79 Å². The van der Waals surface area contributed by atoms with Crippen molar-refractivity contribution in [3.05, 3.63) is 0 Å². The Bertz CT molecular complexity index is 391. The molecule has 1 saturated heterocycles. The minimum Gasteiger partial charge on any atom is -0.481 e. The number of rotatable bonds is 3. The number of urea groups is 1. The fraction of sp³-hybridized carbons (Fsp3) is 0.867. The molecule has 0 aromatic carbocycles. The molecule has 4 unspecified atom stereocenters. The summed E-state index contributed by atoms with van der Waals surface area (Å²) in [6.07, 6.45) is 7.77. The van der Waals surface area contributed by atoms with Crippen LogP contribution >= 0.6 is 11.8 Å². The van der Waals surface area contributed by atoms with Gasteiger partial charge in [0.15, 0.2) is 0 Å². The lowest BCUT2D eigenvalue weighted by molar-refractivity contribution is -0.143. The molecule has 21 heavy (non-hydrogen) atoms. The number of carbonyl (C=O) groups is 2. The number of nitrogens with zero attached hydrogens (tertiary/aromatic N) is 1. The van der Waals surface area contributed by atoms with Gasteiger partial charge in [-0.05, 0) is 45.3 Å². The summed E-state index contributed by atoms with van der Waals surface area (Å²) >= 11 is 1.89. The van der Waals surface area contributed by atoms with Gasteiger partial charge in [-0.15, -0.1) is 0 Å². The number of piperidine rings is 1. The van der Waals surface area contributed by atoms with E-state index >= 15 is 0 Å². The third-order valence-corrected chi connectivity index (χ3v) is 5.87. The number of carboxylic acid groups (broad SMARTS) is 1. The summed E-state index contributed by atoms with van der Waals surface area (Å²) < 4.78 is 0. The van der Waals surface area contributed by atoms with Crippen LogP contribution in [0.25, 0.3) is 0 Å². The van der Waals surface area contributed by atoms with Crippen molar-refractivity contribution in [3.8, 4) is 0 Å². The number of aliphatic carboxylic acids is 1. The van der Waals surface area contributed by atoms with Crippen LogP contribution in [0, 0.1) is 5.92 Å². The molecule has 0 bridgehead atoms. The maximum atomic E-state index is 12.4. The Balaban J connectivity index is 1.84. The Morgan fingerprint density at radius 2 is 2.00 bits per heavy atom. The number of hydrogen-bond donors (Lipinski definition) is 2. The number of nitrogens with one attached hydrogen (secondary N) is 1. The highest BCUT2D eigenvalue weighted by molar-refractivity contribution is 7.99. The number of carbonyl (C=O) groups excluding carboxylic acids is 1. The summed E-state index contributed by atoms with van der Waals surface area (Å²) in [6, 6.07) is 0.256. The molecule has 2 aliphatic rings. The molecule has 1 aliphatic carbocycles. The Morgan fingerprint density at radius 1 is 1.24 bits per heavy atom. The van der Waals surface area contributed by atoms with E-state index in [0.29, 0.717) is 24.6 Å². The summed E-state index contributed by atoms with van der Waals surface area (Å²) in [6.45, 7) is 2.49. The monoisotopic (exact) mass is 314 g/mol. The third-order valence-electron chi connectivity index (χ3n) is 4.77. The van der Waals surface area contributed by atoms with Gasteiger partial charge in [-0.3, -0.25) is 4.79 Å². The predicted molar refractivity (Wildman–Crippen MR) is 84.6 cm³/mol. The van der Waals surface area contributed by atoms with Crippen LogP contribution in [0.2, 0.25) is 0 Å². The zero-order valence-electron chi connectivity index (χ0n) is 12.9. The SMILES string of the molecule is CSC1CCCC(NC(=O)N2CCC(C(=O)O)CC2C)C1. The van der Waals surface area contributed by atoms with E-state index in [2.05, 4.69) is 11.6 Å². The van der Waals surface area contributed by atoms with E-state index in [4.69, 9.17) is 5.11 Å².